The van der Waals surface area contributed by atoms with Crippen LogP contribution in [0.3, 0.4) is 0 Å². The third-order valence-electron chi connectivity index (χ3n) is 9.11. The van der Waals surface area contributed by atoms with Crippen molar-refractivity contribution in [2.75, 3.05) is 46.9 Å². The summed E-state index contributed by atoms with van der Waals surface area (Å²) in [6, 6.07) is 0. The maximum Gasteiger partial charge on any atom is 0.511 e. The molecule has 0 saturated carbocycles. The highest BCUT2D eigenvalue weighted by Gasteiger charge is 2.31. The molecule has 0 heterocycles. The fourth-order valence-corrected chi connectivity index (χ4v) is 6.73. The van der Waals surface area contributed by atoms with E-state index < -0.39 is 76.9 Å². The van der Waals surface area contributed by atoms with Gasteiger partial charge in [-0.05, 0) is 19.8 Å². The molecule has 16 nitrogen and oxygen atoms in total. The lowest BCUT2D eigenvalue weighted by atomic mass is 10.1. The zero-order chi connectivity index (χ0) is 43.8. The van der Waals surface area contributed by atoms with Gasteiger partial charge in [0, 0.05) is 26.9 Å². The SMILES string of the molecule is CCCCCCCCCCCCCC(=O)OC[C@H](COP(=O)(OC)OCC(COC(=O)OCC)OC(=O)OCOC(C)=O)OC(=O)CCCCCCCCCCCCC. The molecular formula is C42H77O16P. The molecule has 0 bridgehead atoms. The summed E-state index contributed by atoms with van der Waals surface area (Å²) in [5.74, 6) is -1.69. The van der Waals surface area contributed by atoms with Crippen molar-refractivity contribution >= 4 is 38.0 Å². The number of unbranched alkanes of at least 4 members (excludes halogenated alkanes) is 20. The van der Waals surface area contributed by atoms with Crippen LogP contribution in [-0.2, 0) is 65.7 Å². The van der Waals surface area contributed by atoms with E-state index >= 15 is 0 Å². The van der Waals surface area contributed by atoms with Gasteiger partial charge in [-0.3, -0.25) is 28.0 Å². The van der Waals surface area contributed by atoms with E-state index in [9.17, 15) is 28.5 Å². The number of esters is 3. The fourth-order valence-electron chi connectivity index (χ4n) is 5.74. The minimum atomic E-state index is -4.43. The number of ether oxygens (including phenoxy) is 7. The van der Waals surface area contributed by atoms with Crippen molar-refractivity contribution in [3.8, 4) is 0 Å². The molecule has 0 aromatic heterocycles. The lowest BCUT2D eigenvalue weighted by Gasteiger charge is -2.23. The summed E-state index contributed by atoms with van der Waals surface area (Å²) in [5, 5.41) is 0. The first kappa shape index (κ1) is 56.1. The predicted octanol–water partition coefficient (Wildman–Crippen LogP) is 10.8. The maximum atomic E-state index is 13.4. The van der Waals surface area contributed by atoms with Crippen LogP contribution in [0.5, 0.6) is 0 Å². The van der Waals surface area contributed by atoms with Crippen LogP contribution in [0.2, 0.25) is 0 Å². The average molecular weight is 869 g/mol. The first-order chi connectivity index (χ1) is 28.5. The van der Waals surface area contributed by atoms with E-state index in [2.05, 4.69) is 23.3 Å². The van der Waals surface area contributed by atoms with Crippen LogP contribution in [0, 0.1) is 0 Å². The van der Waals surface area contributed by atoms with Crippen LogP contribution in [0.25, 0.3) is 0 Å². The molecule has 0 amide bonds. The molecule has 2 unspecified atom stereocenters. The third-order valence-corrected chi connectivity index (χ3v) is 10.5. The van der Waals surface area contributed by atoms with Gasteiger partial charge in [-0.25, -0.2) is 14.2 Å². The molecule has 0 saturated heterocycles. The average Bonchev–Trinajstić information content (AvgIpc) is 3.21. The molecular weight excluding hydrogens is 791 g/mol. The highest BCUT2D eigenvalue weighted by molar-refractivity contribution is 7.48. The first-order valence-electron chi connectivity index (χ1n) is 22.0. The molecule has 0 aliphatic heterocycles. The van der Waals surface area contributed by atoms with Gasteiger partial charge in [0.15, 0.2) is 12.2 Å². The number of phosphoric ester groups is 1. The van der Waals surface area contributed by atoms with Crippen LogP contribution in [-0.4, -0.2) is 89.4 Å². The van der Waals surface area contributed by atoms with Crippen LogP contribution >= 0.6 is 7.82 Å². The summed E-state index contributed by atoms with van der Waals surface area (Å²) in [5.41, 5.74) is 0. The molecule has 0 aromatic rings. The number of carbonyl (C=O) groups excluding carboxylic acids is 5. The second-order valence-electron chi connectivity index (χ2n) is 14.5. The van der Waals surface area contributed by atoms with E-state index in [1.165, 1.54) is 89.9 Å². The minimum absolute atomic E-state index is 0.0116. The second-order valence-corrected chi connectivity index (χ2v) is 16.2. The molecule has 0 radical (unpaired) electrons. The Morgan fingerprint density at radius 3 is 1.32 bits per heavy atom. The maximum absolute atomic E-state index is 13.4. The van der Waals surface area contributed by atoms with E-state index in [4.69, 9.17) is 37.3 Å². The van der Waals surface area contributed by atoms with Crippen LogP contribution in [0.15, 0.2) is 0 Å². The van der Waals surface area contributed by atoms with Gasteiger partial charge in [-0.1, -0.05) is 142 Å². The standard InChI is InChI=1S/C42H77O16P/c1-6-9-11-13-15-17-19-21-23-25-27-29-39(44)51-31-37(57-40(45)30-28-26-24-22-20-18-16-14-12-10-7-2)33-55-59(48,49-5)56-34-38(32-52-41(46)50-8-3)58-42(47)54-35-53-36(4)43/h37-38H,6-35H2,1-5H3/t37-,38?,59?/m1/s1. The van der Waals surface area contributed by atoms with E-state index in [0.29, 0.717) is 12.8 Å². The van der Waals surface area contributed by atoms with Crippen molar-refractivity contribution in [3.63, 3.8) is 0 Å². The topological polar surface area (TPSA) is 195 Å². The minimum Gasteiger partial charge on any atom is -0.462 e. The summed E-state index contributed by atoms with van der Waals surface area (Å²) < 4.78 is 64.1. The Labute approximate surface area is 353 Å². The van der Waals surface area contributed by atoms with Gasteiger partial charge in [0.1, 0.15) is 13.2 Å². The van der Waals surface area contributed by atoms with Crippen molar-refractivity contribution in [1.29, 1.82) is 0 Å². The Morgan fingerprint density at radius 2 is 0.881 bits per heavy atom. The predicted molar refractivity (Wildman–Crippen MR) is 220 cm³/mol. The van der Waals surface area contributed by atoms with Crippen molar-refractivity contribution in [3.05, 3.63) is 0 Å². The van der Waals surface area contributed by atoms with E-state index in [1.807, 2.05) is 0 Å². The summed E-state index contributed by atoms with van der Waals surface area (Å²) in [6.45, 7) is 4.17. The van der Waals surface area contributed by atoms with Crippen molar-refractivity contribution in [2.45, 2.75) is 194 Å². The molecule has 3 atom stereocenters. The molecule has 0 spiro atoms. The van der Waals surface area contributed by atoms with Crippen LogP contribution in [0.4, 0.5) is 9.59 Å². The summed E-state index contributed by atoms with van der Waals surface area (Å²) >= 11 is 0. The first-order valence-corrected chi connectivity index (χ1v) is 23.5. The third kappa shape index (κ3) is 36.6. The van der Waals surface area contributed by atoms with Gasteiger partial charge in [0.25, 0.3) is 0 Å². The number of rotatable bonds is 40. The quantitative estimate of drug-likeness (QED) is 0.0185. The van der Waals surface area contributed by atoms with Gasteiger partial charge in [0.2, 0.25) is 6.79 Å². The number of carbonyl (C=O) groups is 5. The zero-order valence-corrected chi connectivity index (χ0v) is 37.7. The Kier molecular flexibility index (Phi) is 37.3. The lowest BCUT2D eigenvalue weighted by Crippen LogP contribution is -2.31. The molecule has 0 aliphatic carbocycles. The largest absolute Gasteiger partial charge is 0.511 e. The van der Waals surface area contributed by atoms with Crippen molar-refractivity contribution in [1.82, 2.24) is 0 Å². The van der Waals surface area contributed by atoms with E-state index in [0.717, 1.165) is 52.6 Å². The number of phosphoric acid groups is 1. The van der Waals surface area contributed by atoms with Gasteiger partial charge < -0.3 is 33.2 Å². The highest BCUT2D eigenvalue weighted by atomic mass is 31.2. The van der Waals surface area contributed by atoms with Gasteiger partial charge >= 0.3 is 38.0 Å². The fraction of sp³-hybridized carbons (Fsp3) is 0.881. The summed E-state index contributed by atoms with van der Waals surface area (Å²) in [6.07, 6.45) is 20.3. The Bertz CT molecular complexity index is 1140. The molecule has 346 valence electrons. The van der Waals surface area contributed by atoms with Crippen LogP contribution < -0.4 is 0 Å². The van der Waals surface area contributed by atoms with Crippen molar-refractivity contribution in [2.24, 2.45) is 0 Å². The van der Waals surface area contributed by atoms with E-state index in [1.54, 1.807) is 6.92 Å². The van der Waals surface area contributed by atoms with Gasteiger partial charge in [0.05, 0.1) is 19.8 Å². The van der Waals surface area contributed by atoms with E-state index in [-0.39, 0.29) is 26.1 Å². The van der Waals surface area contributed by atoms with Gasteiger partial charge in [-0.2, -0.15) is 0 Å². The normalized spacial score (nSPS) is 13.1. The molecule has 59 heavy (non-hydrogen) atoms. The number of hydrogen-bond acceptors (Lipinski definition) is 16. The summed E-state index contributed by atoms with van der Waals surface area (Å²) in [4.78, 5) is 60.3. The smallest absolute Gasteiger partial charge is 0.462 e. The molecule has 0 N–H and O–H groups in total. The highest BCUT2D eigenvalue weighted by Crippen LogP contribution is 2.49. The molecule has 0 aromatic carbocycles. The van der Waals surface area contributed by atoms with Crippen LogP contribution in [0.1, 0.15) is 182 Å². The zero-order valence-electron chi connectivity index (χ0n) is 36.8. The molecule has 0 rings (SSSR count). The molecule has 17 heteroatoms. The van der Waals surface area contributed by atoms with Gasteiger partial charge in [-0.15, -0.1) is 0 Å². The van der Waals surface area contributed by atoms with Crippen molar-refractivity contribution < 1.29 is 75.3 Å². The molecule has 0 fully saturated rings. The second kappa shape index (κ2) is 39.2. The Hall–Kier alpha value is -2.94. The lowest BCUT2D eigenvalue weighted by molar-refractivity contribution is -0.161. The summed E-state index contributed by atoms with van der Waals surface area (Å²) in [7, 11) is -3.39. The Morgan fingerprint density at radius 1 is 0.458 bits per heavy atom. The molecule has 0 aliphatic rings. The Balaban J connectivity index is 5.19. The number of hydrogen-bond donors (Lipinski definition) is 0. The monoisotopic (exact) mass is 868 g/mol.